The van der Waals surface area contributed by atoms with E-state index in [4.69, 9.17) is 22.1 Å². The standard InChI is InChI=1S/C16H25ClN2O/c1-16(2)7-4-8-19(11-16)14(10-18)12-5-6-15(20-3)13(17)9-12/h5-6,9,14H,4,7-8,10-11,18H2,1-3H3. The molecule has 1 aliphatic rings. The monoisotopic (exact) mass is 296 g/mol. The molecule has 1 aromatic rings. The average Bonchev–Trinajstić information content (AvgIpc) is 2.39. The zero-order valence-electron chi connectivity index (χ0n) is 12.7. The van der Waals surface area contributed by atoms with Gasteiger partial charge in [-0.1, -0.05) is 31.5 Å². The molecule has 1 fully saturated rings. The van der Waals surface area contributed by atoms with E-state index >= 15 is 0 Å². The number of likely N-dealkylation sites (tertiary alicyclic amines) is 1. The van der Waals surface area contributed by atoms with Crippen LogP contribution in [-0.4, -0.2) is 31.6 Å². The Kier molecular flexibility index (Phi) is 4.95. The van der Waals surface area contributed by atoms with Gasteiger partial charge in [-0.25, -0.2) is 0 Å². The number of methoxy groups -OCH3 is 1. The molecule has 1 aliphatic heterocycles. The number of ether oxygens (including phenoxy) is 1. The van der Waals surface area contributed by atoms with Crippen molar-refractivity contribution in [2.75, 3.05) is 26.7 Å². The summed E-state index contributed by atoms with van der Waals surface area (Å²) in [4.78, 5) is 2.49. The first kappa shape index (κ1) is 15.6. The second-order valence-corrected chi connectivity index (χ2v) is 6.79. The first-order valence-corrected chi connectivity index (χ1v) is 7.62. The van der Waals surface area contributed by atoms with Crippen LogP contribution in [0.3, 0.4) is 0 Å². The van der Waals surface area contributed by atoms with E-state index < -0.39 is 0 Å². The van der Waals surface area contributed by atoms with Crippen LogP contribution in [-0.2, 0) is 0 Å². The molecule has 3 nitrogen and oxygen atoms in total. The summed E-state index contributed by atoms with van der Waals surface area (Å²) in [5.41, 5.74) is 7.57. The topological polar surface area (TPSA) is 38.5 Å². The van der Waals surface area contributed by atoms with Gasteiger partial charge in [0.25, 0.3) is 0 Å². The van der Waals surface area contributed by atoms with Gasteiger partial charge in [-0.15, -0.1) is 0 Å². The van der Waals surface area contributed by atoms with E-state index in [1.807, 2.05) is 12.1 Å². The largest absolute Gasteiger partial charge is 0.495 e. The molecule has 2 rings (SSSR count). The smallest absolute Gasteiger partial charge is 0.137 e. The van der Waals surface area contributed by atoms with Crippen molar-refractivity contribution in [1.82, 2.24) is 4.90 Å². The van der Waals surface area contributed by atoms with Gasteiger partial charge in [-0.2, -0.15) is 0 Å². The van der Waals surface area contributed by atoms with E-state index in [1.54, 1.807) is 7.11 Å². The van der Waals surface area contributed by atoms with Crippen molar-refractivity contribution >= 4 is 11.6 Å². The Hall–Kier alpha value is -0.770. The maximum Gasteiger partial charge on any atom is 0.137 e. The van der Waals surface area contributed by atoms with Crippen molar-refractivity contribution in [3.8, 4) is 5.75 Å². The highest BCUT2D eigenvalue weighted by molar-refractivity contribution is 6.32. The Balaban J connectivity index is 2.21. The summed E-state index contributed by atoms with van der Waals surface area (Å²) in [6, 6.07) is 6.22. The molecule has 0 aromatic heterocycles. The number of nitrogens with zero attached hydrogens (tertiary/aromatic N) is 1. The van der Waals surface area contributed by atoms with Crippen molar-refractivity contribution in [2.45, 2.75) is 32.7 Å². The van der Waals surface area contributed by atoms with E-state index in [2.05, 4.69) is 24.8 Å². The Morgan fingerprint density at radius 2 is 2.20 bits per heavy atom. The maximum absolute atomic E-state index is 6.24. The molecule has 4 heteroatoms. The number of hydrogen-bond donors (Lipinski definition) is 1. The van der Waals surface area contributed by atoms with Gasteiger partial charge in [-0.3, -0.25) is 4.90 Å². The van der Waals surface area contributed by atoms with Gasteiger partial charge in [0, 0.05) is 19.1 Å². The molecule has 1 saturated heterocycles. The predicted molar refractivity (Wildman–Crippen MR) is 84.4 cm³/mol. The van der Waals surface area contributed by atoms with Crippen LogP contribution in [0.1, 0.15) is 38.3 Å². The van der Waals surface area contributed by atoms with Crippen LogP contribution in [0.5, 0.6) is 5.75 Å². The predicted octanol–water partition coefficient (Wildman–Crippen LogP) is 3.47. The summed E-state index contributed by atoms with van der Waals surface area (Å²) in [5.74, 6) is 0.713. The fraction of sp³-hybridized carbons (Fsp3) is 0.625. The van der Waals surface area contributed by atoms with Crippen LogP contribution >= 0.6 is 11.6 Å². The average molecular weight is 297 g/mol. The molecule has 0 bridgehead atoms. The number of rotatable bonds is 4. The molecular weight excluding hydrogens is 272 g/mol. The highest BCUT2D eigenvalue weighted by atomic mass is 35.5. The van der Waals surface area contributed by atoms with Crippen molar-refractivity contribution in [2.24, 2.45) is 11.1 Å². The third-order valence-corrected chi connectivity index (χ3v) is 4.45. The third kappa shape index (κ3) is 3.46. The molecule has 0 spiro atoms. The Bertz CT molecular complexity index is 462. The number of hydrogen-bond acceptors (Lipinski definition) is 3. The molecule has 2 N–H and O–H groups in total. The van der Waals surface area contributed by atoms with Gasteiger partial charge in [0.1, 0.15) is 5.75 Å². The molecule has 1 aromatic carbocycles. The second-order valence-electron chi connectivity index (χ2n) is 6.38. The molecule has 1 heterocycles. The second kappa shape index (κ2) is 6.33. The van der Waals surface area contributed by atoms with Gasteiger partial charge in [0.15, 0.2) is 0 Å². The van der Waals surface area contributed by atoms with Crippen molar-refractivity contribution in [1.29, 1.82) is 0 Å². The minimum absolute atomic E-state index is 0.234. The van der Waals surface area contributed by atoms with Crippen molar-refractivity contribution in [3.05, 3.63) is 28.8 Å². The normalized spacial score (nSPS) is 20.6. The summed E-state index contributed by atoms with van der Waals surface area (Å²) < 4.78 is 5.22. The van der Waals surface area contributed by atoms with Crippen LogP contribution in [0, 0.1) is 5.41 Å². The van der Waals surface area contributed by atoms with E-state index in [0.717, 1.165) is 13.1 Å². The number of nitrogens with two attached hydrogens (primary N) is 1. The lowest BCUT2D eigenvalue weighted by molar-refractivity contribution is 0.0807. The fourth-order valence-electron chi connectivity index (χ4n) is 3.12. The lowest BCUT2D eigenvalue weighted by atomic mass is 9.83. The molecule has 0 saturated carbocycles. The third-order valence-electron chi connectivity index (χ3n) is 4.15. The summed E-state index contributed by atoms with van der Waals surface area (Å²) in [5, 5.41) is 0.653. The first-order valence-electron chi connectivity index (χ1n) is 7.24. The van der Waals surface area contributed by atoms with E-state index in [-0.39, 0.29) is 6.04 Å². The molecule has 1 unspecified atom stereocenters. The van der Waals surface area contributed by atoms with E-state index in [9.17, 15) is 0 Å². The highest BCUT2D eigenvalue weighted by Gasteiger charge is 2.30. The molecule has 1 atom stereocenters. The Morgan fingerprint density at radius 1 is 1.45 bits per heavy atom. The minimum atomic E-state index is 0.234. The van der Waals surface area contributed by atoms with Crippen LogP contribution in [0.2, 0.25) is 5.02 Å². The first-order chi connectivity index (χ1) is 9.46. The van der Waals surface area contributed by atoms with Gasteiger partial charge in [-0.05, 0) is 42.5 Å². The highest BCUT2D eigenvalue weighted by Crippen LogP contribution is 2.35. The zero-order chi connectivity index (χ0) is 14.8. The van der Waals surface area contributed by atoms with Crippen LogP contribution < -0.4 is 10.5 Å². The Morgan fingerprint density at radius 3 is 2.75 bits per heavy atom. The Labute approximate surface area is 127 Å². The molecular formula is C16H25ClN2O. The summed E-state index contributed by atoms with van der Waals surface area (Å²) in [7, 11) is 1.63. The molecule has 20 heavy (non-hydrogen) atoms. The minimum Gasteiger partial charge on any atom is -0.495 e. The lowest BCUT2D eigenvalue weighted by Crippen LogP contribution is -2.44. The summed E-state index contributed by atoms with van der Waals surface area (Å²) in [6.45, 7) is 7.45. The SMILES string of the molecule is COc1ccc(C(CN)N2CCCC(C)(C)C2)cc1Cl. The van der Waals surface area contributed by atoms with Gasteiger partial charge in [0.05, 0.1) is 12.1 Å². The molecule has 0 radical (unpaired) electrons. The number of piperidine rings is 1. The van der Waals surface area contributed by atoms with Crippen LogP contribution in [0.15, 0.2) is 18.2 Å². The van der Waals surface area contributed by atoms with Crippen LogP contribution in [0.4, 0.5) is 0 Å². The fourth-order valence-corrected chi connectivity index (χ4v) is 3.39. The lowest BCUT2D eigenvalue weighted by Gasteiger charge is -2.42. The molecule has 0 amide bonds. The van der Waals surface area contributed by atoms with Gasteiger partial charge >= 0.3 is 0 Å². The maximum atomic E-state index is 6.24. The van der Waals surface area contributed by atoms with Crippen LogP contribution in [0.25, 0.3) is 0 Å². The molecule has 0 aliphatic carbocycles. The quantitative estimate of drug-likeness (QED) is 0.924. The van der Waals surface area contributed by atoms with Gasteiger partial charge in [0.2, 0.25) is 0 Å². The van der Waals surface area contributed by atoms with E-state index in [1.165, 1.54) is 18.4 Å². The summed E-state index contributed by atoms with van der Waals surface area (Å²) in [6.07, 6.45) is 2.51. The van der Waals surface area contributed by atoms with Crippen molar-refractivity contribution < 1.29 is 4.74 Å². The zero-order valence-corrected chi connectivity index (χ0v) is 13.4. The van der Waals surface area contributed by atoms with Gasteiger partial charge < -0.3 is 10.5 Å². The van der Waals surface area contributed by atoms with Crippen molar-refractivity contribution in [3.63, 3.8) is 0 Å². The van der Waals surface area contributed by atoms with E-state index in [0.29, 0.717) is 22.7 Å². The number of benzene rings is 1. The molecule has 112 valence electrons. The number of halogens is 1. The summed E-state index contributed by atoms with van der Waals surface area (Å²) >= 11 is 6.24.